The summed E-state index contributed by atoms with van der Waals surface area (Å²) in [5.74, 6) is -4.55. The van der Waals surface area contributed by atoms with Gasteiger partial charge in [0.05, 0.1) is 34.2 Å². The molecule has 5 rings (SSSR count). The van der Waals surface area contributed by atoms with Gasteiger partial charge in [-0.1, -0.05) is 30.3 Å². The number of aromatic nitrogens is 4. The van der Waals surface area contributed by atoms with Crippen molar-refractivity contribution in [3.8, 4) is 0 Å². The lowest BCUT2D eigenvalue weighted by molar-refractivity contribution is -0.129. The van der Waals surface area contributed by atoms with E-state index in [1.165, 1.54) is 18.2 Å². The normalized spacial score (nSPS) is 12.8. The van der Waals surface area contributed by atoms with E-state index in [2.05, 4.69) is 19.9 Å². The molecule has 5 heterocycles. The second-order valence-corrected chi connectivity index (χ2v) is 11.5. The zero-order valence-corrected chi connectivity index (χ0v) is 26.7. The van der Waals surface area contributed by atoms with Crippen molar-refractivity contribution in [2.45, 2.75) is 45.6 Å². The minimum absolute atomic E-state index is 0.0698. The van der Waals surface area contributed by atoms with E-state index in [9.17, 15) is 39.6 Å². The summed E-state index contributed by atoms with van der Waals surface area (Å²) in [6.45, 7) is 1.46. The van der Waals surface area contributed by atoms with Gasteiger partial charge in [0.25, 0.3) is 0 Å². The van der Waals surface area contributed by atoms with Gasteiger partial charge in [0.2, 0.25) is 0 Å². The molecule has 0 bridgehead atoms. The topological polar surface area (TPSA) is 220 Å². The van der Waals surface area contributed by atoms with Crippen molar-refractivity contribution in [2.75, 3.05) is 6.54 Å². The monoisotopic (exact) mass is 679 g/mol. The van der Waals surface area contributed by atoms with E-state index in [4.69, 9.17) is 4.98 Å². The van der Waals surface area contributed by atoms with E-state index in [1.54, 1.807) is 36.4 Å². The third kappa shape index (κ3) is 9.91. The van der Waals surface area contributed by atoms with Crippen LogP contribution in [0.2, 0.25) is 0 Å². The molecule has 0 saturated carbocycles. The standard InChI is InChI=1S/C35H33N7O8/c43-32(44)28-12-2-8-24(37-28)18-41(19-25-9-3-13-29(38-25)33(45)46)16-22-6-1-7-23(36-22)17-42(20-26-10-4-14-30(39-26)34(47)48)21-27-11-5-15-31(40-27)35(49)50/h1-4,6-14H,5,15-21H2,(H,43,44)(H,45,46)(H,47,48)(H,49,50). The van der Waals surface area contributed by atoms with Crippen molar-refractivity contribution in [3.63, 3.8) is 0 Å². The van der Waals surface area contributed by atoms with Gasteiger partial charge in [-0.05, 0) is 55.0 Å². The molecule has 0 unspecified atom stereocenters. The molecule has 0 aromatic carbocycles. The SMILES string of the molecule is O=C(O)C1=NC(CN(Cc2cccc(CN(Cc3cccc(C(=O)O)n3)Cc3cccc(C(=O)O)n3)n2)Cc2cccc(C(=O)O)n2)=CCC1. The Kier molecular flexibility index (Phi) is 11.4. The van der Waals surface area contributed by atoms with E-state index < -0.39 is 23.9 Å². The van der Waals surface area contributed by atoms with Gasteiger partial charge < -0.3 is 20.4 Å². The first-order valence-corrected chi connectivity index (χ1v) is 15.5. The number of rotatable bonds is 16. The van der Waals surface area contributed by atoms with Crippen LogP contribution in [0.3, 0.4) is 0 Å². The van der Waals surface area contributed by atoms with Crippen molar-refractivity contribution in [1.82, 2.24) is 29.7 Å². The Morgan fingerprint density at radius 3 is 1.24 bits per heavy atom. The summed E-state index contributed by atoms with van der Waals surface area (Å²) in [5.41, 5.74) is 3.11. The lowest BCUT2D eigenvalue weighted by Gasteiger charge is -2.24. The molecular weight excluding hydrogens is 646 g/mol. The van der Waals surface area contributed by atoms with Crippen molar-refractivity contribution in [3.05, 3.63) is 130 Å². The van der Waals surface area contributed by atoms with Crippen LogP contribution in [0.4, 0.5) is 0 Å². The van der Waals surface area contributed by atoms with Crippen LogP contribution in [0.25, 0.3) is 0 Å². The summed E-state index contributed by atoms with van der Waals surface area (Å²) in [6, 6.07) is 19.6. The molecule has 256 valence electrons. The van der Waals surface area contributed by atoms with Gasteiger partial charge in [0.15, 0.2) is 0 Å². The highest BCUT2D eigenvalue weighted by molar-refractivity contribution is 6.36. The van der Waals surface area contributed by atoms with Crippen LogP contribution in [0.15, 0.2) is 89.6 Å². The fourth-order valence-corrected chi connectivity index (χ4v) is 5.38. The predicted molar refractivity (Wildman–Crippen MR) is 177 cm³/mol. The minimum Gasteiger partial charge on any atom is -0.477 e. The van der Waals surface area contributed by atoms with E-state index in [-0.39, 0.29) is 62.1 Å². The number of nitrogens with zero attached hydrogens (tertiary/aromatic N) is 7. The quantitative estimate of drug-likeness (QED) is 0.132. The average molecular weight is 680 g/mol. The fraction of sp³-hybridized carbons (Fsp3) is 0.229. The van der Waals surface area contributed by atoms with E-state index in [0.717, 1.165) is 0 Å². The largest absolute Gasteiger partial charge is 0.477 e. The fourth-order valence-electron chi connectivity index (χ4n) is 5.38. The Morgan fingerprint density at radius 1 is 0.500 bits per heavy atom. The number of carbonyl (C=O) groups is 4. The van der Waals surface area contributed by atoms with Crippen LogP contribution in [0.5, 0.6) is 0 Å². The van der Waals surface area contributed by atoms with Crippen LogP contribution < -0.4 is 0 Å². The van der Waals surface area contributed by atoms with Crippen molar-refractivity contribution >= 4 is 29.6 Å². The Morgan fingerprint density at radius 2 is 0.860 bits per heavy atom. The zero-order chi connectivity index (χ0) is 35.6. The van der Waals surface area contributed by atoms with Gasteiger partial charge in [-0.15, -0.1) is 0 Å². The third-order valence-electron chi connectivity index (χ3n) is 7.54. The smallest absolute Gasteiger partial charge is 0.354 e. The van der Waals surface area contributed by atoms with Crippen LogP contribution in [-0.2, 0) is 37.5 Å². The first-order valence-electron chi connectivity index (χ1n) is 15.5. The lowest BCUT2D eigenvalue weighted by Crippen LogP contribution is -2.28. The first-order chi connectivity index (χ1) is 24.0. The molecule has 4 aromatic rings. The van der Waals surface area contributed by atoms with Gasteiger partial charge in [0, 0.05) is 45.7 Å². The molecule has 0 saturated heterocycles. The predicted octanol–water partition coefficient (Wildman–Crippen LogP) is 3.77. The maximum absolute atomic E-state index is 11.6. The van der Waals surface area contributed by atoms with E-state index in [0.29, 0.717) is 47.0 Å². The number of aliphatic carboxylic acids is 1. The van der Waals surface area contributed by atoms with Crippen molar-refractivity contribution in [1.29, 1.82) is 0 Å². The zero-order valence-electron chi connectivity index (χ0n) is 26.7. The molecule has 0 amide bonds. The Bertz CT molecular complexity index is 1920. The molecule has 1 aliphatic rings. The highest BCUT2D eigenvalue weighted by Gasteiger charge is 2.19. The molecule has 4 N–H and O–H groups in total. The molecule has 15 nitrogen and oxygen atoms in total. The lowest BCUT2D eigenvalue weighted by atomic mass is 10.1. The summed E-state index contributed by atoms with van der Waals surface area (Å²) in [6.07, 6.45) is 2.73. The molecule has 0 radical (unpaired) electrons. The molecular formula is C35H33N7O8. The maximum Gasteiger partial charge on any atom is 0.354 e. The van der Waals surface area contributed by atoms with Gasteiger partial charge in [-0.3, -0.25) is 14.8 Å². The summed E-state index contributed by atoms with van der Waals surface area (Å²) in [7, 11) is 0. The number of aliphatic imine (C=N–C) groups is 1. The second-order valence-electron chi connectivity index (χ2n) is 11.5. The van der Waals surface area contributed by atoms with Crippen molar-refractivity contribution in [2.24, 2.45) is 4.99 Å². The van der Waals surface area contributed by atoms with Gasteiger partial charge in [0.1, 0.15) is 22.8 Å². The molecule has 15 heteroatoms. The van der Waals surface area contributed by atoms with Crippen molar-refractivity contribution < 1.29 is 39.6 Å². The minimum atomic E-state index is -1.16. The number of carboxylic acid groups (broad SMARTS) is 4. The summed E-state index contributed by atoms with van der Waals surface area (Å²) >= 11 is 0. The molecule has 1 aliphatic heterocycles. The summed E-state index contributed by atoms with van der Waals surface area (Å²) < 4.78 is 0. The Hall–Kier alpha value is -6.19. The van der Waals surface area contributed by atoms with Crippen LogP contribution in [0, 0.1) is 0 Å². The Balaban J connectivity index is 1.41. The second kappa shape index (κ2) is 16.3. The number of aromatic carboxylic acids is 3. The number of carboxylic acids is 4. The first kappa shape index (κ1) is 35.1. The molecule has 50 heavy (non-hydrogen) atoms. The number of hydrogen-bond donors (Lipinski definition) is 4. The highest BCUT2D eigenvalue weighted by atomic mass is 16.4. The third-order valence-corrected chi connectivity index (χ3v) is 7.54. The summed E-state index contributed by atoms with van der Waals surface area (Å²) in [5, 5.41) is 37.8. The van der Waals surface area contributed by atoms with Crippen LogP contribution in [-0.4, -0.2) is 86.3 Å². The average Bonchev–Trinajstić information content (AvgIpc) is 3.09. The Labute approximate surface area is 285 Å². The van der Waals surface area contributed by atoms with Crippen LogP contribution >= 0.6 is 0 Å². The number of pyridine rings is 4. The van der Waals surface area contributed by atoms with Crippen LogP contribution in [0.1, 0.15) is 72.8 Å². The van der Waals surface area contributed by atoms with E-state index in [1.807, 2.05) is 34.1 Å². The van der Waals surface area contributed by atoms with Gasteiger partial charge in [-0.2, -0.15) is 0 Å². The summed E-state index contributed by atoms with van der Waals surface area (Å²) in [4.78, 5) is 72.1. The van der Waals surface area contributed by atoms with Gasteiger partial charge in [-0.25, -0.2) is 39.1 Å². The number of hydrogen-bond acceptors (Lipinski definition) is 11. The van der Waals surface area contributed by atoms with E-state index >= 15 is 0 Å². The molecule has 0 spiro atoms. The maximum atomic E-state index is 11.6. The molecule has 4 aromatic heterocycles. The highest BCUT2D eigenvalue weighted by Crippen LogP contribution is 2.18. The molecule has 0 fully saturated rings. The van der Waals surface area contributed by atoms with Gasteiger partial charge >= 0.3 is 23.9 Å². The number of allylic oxidation sites excluding steroid dienone is 1. The molecule has 0 atom stereocenters. The molecule has 0 aliphatic carbocycles.